The number of halogens is 2. The first kappa shape index (κ1) is 14.4. The van der Waals surface area contributed by atoms with Gasteiger partial charge in [0.15, 0.2) is 0 Å². The number of nitrogens with one attached hydrogen (secondary N) is 1. The maximum Gasteiger partial charge on any atom is 0.133 e. The molecule has 2 unspecified atom stereocenters. The van der Waals surface area contributed by atoms with E-state index in [1.54, 1.807) is 14.0 Å². The molecule has 1 N–H and O–H groups in total. The zero-order valence-corrected chi connectivity index (χ0v) is 11.5. The smallest absolute Gasteiger partial charge is 0.133 e. The molecule has 0 saturated carbocycles. The number of ether oxygens (including phenoxy) is 1. The highest BCUT2D eigenvalue weighted by atomic mass is 19.1. The largest absolute Gasteiger partial charge is 0.378 e. The van der Waals surface area contributed by atoms with Gasteiger partial charge in [0.05, 0.1) is 6.10 Å². The second-order valence-corrected chi connectivity index (χ2v) is 5.15. The third-order valence-corrected chi connectivity index (χ3v) is 3.82. The lowest BCUT2D eigenvalue weighted by atomic mass is 9.97. The Hall–Kier alpha value is -1.00. The molecular formula is C15H21F2NO. The van der Waals surface area contributed by atoms with E-state index >= 15 is 0 Å². The molecule has 0 radical (unpaired) electrons. The van der Waals surface area contributed by atoms with Crippen LogP contribution in [0.5, 0.6) is 0 Å². The average Bonchev–Trinajstić information content (AvgIpc) is 2.91. The molecule has 106 valence electrons. The highest BCUT2D eigenvalue weighted by Crippen LogP contribution is 2.28. The van der Waals surface area contributed by atoms with Crippen molar-refractivity contribution in [2.24, 2.45) is 0 Å². The van der Waals surface area contributed by atoms with E-state index in [1.807, 2.05) is 0 Å². The third-order valence-electron chi connectivity index (χ3n) is 3.82. The standard InChI is InChI=1S/C15H21F2NO/c1-10-5-7-12(16)14(15(10)17)13(18-2)8-6-11-4-3-9-19-11/h5,7,11,13,18H,3-4,6,8-9H2,1-2H3. The summed E-state index contributed by atoms with van der Waals surface area (Å²) in [4.78, 5) is 0. The van der Waals surface area contributed by atoms with E-state index in [1.165, 1.54) is 12.1 Å². The van der Waals surface area contributed by atoms with Crippen LogP contribution in [0, 0.1) is 18.6 Å². The second-order valence-electron chi connectivity index (χ2n) is 5.15. The molecule has 0 spiro atoms. The van der Waals surface area contributed by atoms with Gasteiger partial charge in [-0.25, -0.2) is 8.78 Å². The molecular weight excluding hydrogens is 248 g/mol. The minimum atomic E-state index is -0.477. The lowest BCUT2D eigenvalue weighted by Crippen LogP contribution is -2.21. The molecule has 1 aliphatic rings. The highest BCUT2D eigenvalue weighted by Gasteiger charge is 2.23. The van der Waals surface area contributed by atoms with Gasteiger partial charge in [0.2, 0.25) is 0 Å². The Bertz CT molecular complexity index is 430. The van der Waals surface area contributed by atoms with Gasteiger partial charge in [-0.15, -0.1) is 0 Å². The maximum atomic E-state index is 14.1. The molecule has 2 atom stereocenters. The third kappa shape index (κ3) is 3.31. The topological polar surface area (TPSA) is 21.3 Å². The van der Waals surface area contributed by atoms with Crippen LogP contribution < -0.4 is 5.32 Å². The zero-order chi connectivity index (χ0) is 13.8. The van der Waals surface area contributed by atoms with Gasteiger partial charge < -0.3 is 10.1 Å². The number of rotatable bonds is 5. The van der Waals surface area contributed by atoms with E-state index in [0.717, 1.165) is 25.9 Å². The Morgan fingerprint density at radius 3 is 2.84 bits per heavy atom. The minimum absolute atomic E-state index is 0.153. The Morgan fingerprint density at radius 2 is 2.21 bits per heavy atom. The van der Waals surface area contributed by atoms with E-state index in [0.29, 0.717) is 12.0 Å². The van der Waals surface area contributed by atoms with Gasteiger partial charge in [-0.05, 0) is 51.3 Å². The van der Waals surface area contributed by atoms with Crippen LogP contribution >= 0.6 is 0 Å². The molecule has 1 saturated heterocycles. The van der Waals surface area contributed by atoms with E-state index in [9.17, 15) is 8.78 Å². The fourth-order valence-electron chi connectivity index (χ4n) is 2.66. The fraction of sp³-hybridized carbons (Fsp3) is 0.600. The summed E-state index contributed by atoms with van der Waals surface area (Å²) in [5, 5.41) is 3.02. The van der Waals surface area contributed by atoms with Crippen LogP contribution in [0.1, 0.15) is 42.9 Å². The van der Waals surface area contributed by atoms with Gasteiger partial charge in [0.25, 0.3) is 0 Å². The molecule has 1 heterocycles. The molecule has 0 aromatic heterocycles. The summed E-state index contributed by atoms with van der Waals surface area (Å²) in [7, 11) is 1.74. The molecule has 0 amide bonds. The summed E-state index contributed by atoms with van der Waals surface area (Å²) in [5.41, 5.74) is 0.634. The summed E-state index contributed by atoms with van der Waals surface area (Å²) in [5.74, 6) is -0.915. The molecule has 1 aromatic carbocycles. The SMILES string of the molecule is CNC(CCC1CCCO1)c1c(F)ccc(C)c1F. The summed E-state index contributed by atoms with van der Waals surface area (Å²) in [6.07, 6.45) is 3.89. The molecule has 1 fully saturated rings. The van der Waals surface area contributed by atoms with Crippen LogP contribution in [-0.4, -0.2) is 19.8 Å². The van der Waals surface area contributed by atoms with Gasteiger partial charge in [-0.3, -0.25) is 0 Å². The zero-order valence-electron chi connectivity index (χ0n) is 11.5. The molecule has 1 aliphatic heterocycles. The quantitative estimate of drug-likeness (QED) is 0.883. The number of aryl methyl sites for hydroxylation is 1. The van der Waals surface area contributed by atoms with E-state index in [-0.39, 0.29) is 17.7 Å². The fourth-order valence-corrected chi connectivity index (χ4v) is 2.66. The van der Waals surface area contributed by atoms with Crippen LogP contribution in [0.4, 0.5) is 8.78 Å². The molecule has 2 rings (SSSR count). The summed E-state index contributed by atoms with van der Waals surface area (Å²) >= 11 is 0. The highest BCUT2D eigenvalue weighted by molar-refractivity contribution is 5.29. The van der Waals surface area contributed by atoms with Gasteiger partial charge in [-0.2, -0.15) is 0 Å². The van der Waals surface area contributed by atoms with E-state index in [2.05, 4.69) is 5.32 Å². The first-order valence-electron chi connectivity index (χ1n) is 6.87. The summed E-state index contributed by atoms with van der Waals surface area (Å²) in [6.45, 7) is 2.47. The molecule has 1 aromatic rings. The van der Waals surface area contributed by atoms with Gasteiger partial charge in [0.1, 0.15) is 11.6 Å². The van der Waals surface area contributed by atoms with Crippen molar-refractivity contribution in [2.45, 2.75) is 44.8 Å². The molecule has 0 bridgehead atoms. The van der Waals surface area contributed by atoms with E-state index < -0.39 is 11.6 Å². The van der Waals surface area contributed by atoms with Crippen molar-refractivity contribution in [3.05, 3.63) is 34.9 Å². The van der Waals surface area contributed by atoms with Crippen molar-refractivity contribution in [2.75, 3.05) is 13.7 Å². The van der Waals surface area contributed by atoms with Crippen LogP contribution in [0.3, 0.4) is 0 Å². The first-order valence-corrected chi connectivity index (χ1v) is 6.87. The Morgan fingerprint density at radius 1 is 1.42 bits per heavy atom. The van der Waals surface area contributed by atoms with Crippen molar-refractivity contribution >= 4 is 0 Å². The van der Waals surface area contributed by atoms with Crippen molar-refractivity contribution < 1.29 is 13.5 Å². The maximum absolute atomic E-state index is 14.1. The number of hydrogen-bond donors (Lipinski definition) is 1. The minimum Gasteiger partial charge on any atom is -0.378 e. The Kier molecular flexibility index (Phi) is 4.88. The number of benzene rings is 1. The van der Waals surface area contributed by atoms with Crippen molar-refractivity contribution in [3.8, 4) is 0 Å². The van der Waals surface area contributed by atoms with E-state index in [4.69, 9.17) is 4.74 Å². The Balaban J connectivity index is 2.10. The van der Waals surface area contributed by atoms with Crippen molar-refractivity contribution in [3.63, 3.8) is 0 Å². The van der Waals surface area contributed by atoms with Crippen LogP contribution in [-0.2, 0) is 4.74 Å². The Labute approximate surface area is 113 Å². The van der Waals surface area contributed by atoms with Gasteiger partial charge in [-0.1, -0.05) is 6.07 Å². The lowest BCUT2D eigenvalue weighted by Gasteiger charge is -2.20. The molecule has 19 heavy (non-hydrogen) atoms. The number of hydrogen-bond acceptors (Lipinski definition) is 2. The van der Waals surface area contributed by atoms with Crippen molar-refractivity contribution in [1.29, 1.82) is 0 Å². The first-order chi connectivity index (χ1) is 9.13. The molecule has 4 heteroatoms. The monoisotopic (exact) mass is 269 g/mol. The van der Waals surface area contributed by atoms with Crippen LogP contribution in [0.25, 0.3) is 0 Å². The second kappa shape index (κ2) is 6.44. The lowest BCUT2D eigenvalue weighted by molar-refractivity contribution is 0.0996. The van der Waals surface area contributed by atoms with Gasteiger partial charge in [0, 0.05) is 18.2 Å². The summed E-state index contributed by atoms with van der Waals surface area (Å²) in [6, 6.07) is 2.51. The van der Waals surface area contributed by atoms with Gasteiger partial charge >= 0.3 is 0 Å². The summed E-state index contributed by atoms with van der Waals surface area (Å²) < 4.78 is 33.5. The molecule has 2 nitrogen and oxygen atoms in total. The predicted molar refractivity (Wildman–Crippen MR) is 71.1 cm³/mol. The predicted octanol–water partition coefficient (Wildman–Crippen LogP) is 3.49. The normalized spacial score (nSPS) is 20.7. The van der Waals surface area contributed by atoms with Crippen LogP contribution in [0.2, 0.25) is 0 Å². The average molecular weight is 269 g/mol. The molecule has 0 aliphatic carbocycles. The van der Waals surface area contributed by atoms with Crippen molar-refractivity contribution in [1.82, 2.24) is 5.32 Å². The van der Waals surface area contributed by atoms with Crippen LogP contribution in [0.15, 0.2) is 12.1 Å².